The van der Waals surface area contributed by atoms with E-state index in [4.69, 9.17) is 29.5 Å². The largest absolute Gasteiger partial charge is 0.566 e. The van der Waals surface area contributed by atoms with E-state index in [1.165, 1.54) is 26.5 Å². The van der Waals surface area contributed by atoms with Crippen molar-refractivity contribution in [3.8, 4) is 0 Å². The van der Waals surface area contributed by atoms with Crippen LogP contribution in [0.4, 0.5) is 0 Å². The third-order valence-corrected chi connectivity index (χ3v) is 4.54. The van der Waals surface area contributed by atoms with Crippen LogP contribution in [0.2, 0.25) is 0 Å². The van der Waals surface area contributed by atoms with Gasteiger partial charge in [0.1, 0.15) is 0 Å². The second-order valence-electron chi connectivity index (χ2n) is 4.72. The van der Waals surface area contributed by atoms with Crippen LogP contribution in [0.3, 0.4) is 0 Å². The molecular weight excluding hydrogens is 594 g/mol. The van der Waals surface area contributed by atoms with Crippen molar-refractivity contribution >= 4 is 15.2 Å². The summed E-state index contributed by atoms with van der Waals surface area (Å²) in [5.41, 5.74) is 0. The molecule has 0 aliphatic carbocycles. The Labute approximate surface area is 227 Å². The van der Waals surface area contributed by atoms with Gasteiger partial charge in [-0.1, -0.05) is 0 Å². The van der Waals surface area contributed by atoms with E-state index in [1.807, 2.05) is 0 Å². The van der Waals surface area contributed by atoms with Gasteiger partial charge >= 0.3 is 0 Å². The predicted molar refractivity (Wildman–Crippen MR) is 94.8 cm³/mol. The van der Waals surface area contributed by atoms with Gasteiger partial charge in [0.2, 0.25) is 0 Å². The smallest absolute Gasteiger partial charge is 0.297 e. The summed E-state index contributed by atoms with van der Waals surface area (Å²) in [6.45, 7) is 8.97. The zero-order valence-corrected chi connectivity index (χ0v) is 24.3. The molecule has 30 heavy (non-hydrogen) atoms. The summed E-state index contributed by atoms with van der Waals surface area (Å²) in [7, 11) is -5.28. The van der Waals surface area contributed by atoms with E-state index in [0.29, 0.717) is 26.1 Å². The van der Waals surface area contributed by atoms with Crippen LogP contribution in [-0.2, 0) is 101 Å². The summed E-state index contributed by atoms with van der Waals surface area (Å²) in [5.74, 6) is 0. The van der Waals surface area contributed by atoms with Gasteiger partial charge < -0.3 is 38.5 Å². The molecular formula is C14H30O10P2V4-4. The van der Waals surface area contributed by atoms with Gasteiger partial charge in [0.25, 0.3) is 15.2 Å². The molecule has 0 unspecified atom stereocenters. The van der Waals surface area contributed by atoms with Gasteiger partial charge in [-0.05, 0) is 0 Å². The average Bonchev–Trinajstić information content (AvgIpc) is 2.58. The second-order valence-corrected chi connectivity index (χ2v) is 8.74. The zero-order valence-electron chi connectivity index (χ0n) is 16.9. The Hall–Kier alpha value is 2.48. The molecule has 0 aromatic heterocycles. The SMILES string of the molecule is C[P@@]1(=O)O[CH-]CCO1.C[P@]1(=O)O[CH-]CCO1.O[CH-]CCO.O[CH-]CCO.[V].[V].[V].[V]. The summed E-state index contributed by atoms with van der Waals surface area (Å²) in [6.07, 6.45) is 2.22. The van der Waals surface area contributed by atoms with Crippen molar-refractivity contribution in [3.63, 3.8) is 0 Å². The fourth-order valence-corrected chi connectivity index (χ4v) is 2.83. The molecule has 10 nitrogen and oxygen atoms in total. The molecule has 0 spiro atoms. The number of hydrogen-bond donors (Lipinski definition) is 4. The minimum atomic E-state index is -2.64. The minimum Gasteiger partial charge on any atom is -0.566 e. The van der Waals surface area contributed by atoms with Gasteiger partial charge in [0.05, 0.1) is 0 Å². The molecule has 180 valence electrons. The molecule has 2 rings (SSSR count). The number of rotatable bonds is 4. The van der Waals surface area contributed by atoms with E-state index in [0.717, 1.165) is 26.1 Å². The van der Waals surface area contributed by atoms with Gasteiger partial charge in [-0.3, -0.25) is 9.13 Å². The fourth-order valence-electron chi connectivity index (χ4n) is 1.09. The van der Waals surface area contributed by atoms with Gasteiger partial charge in [0, 0.05) is 114 Å². The first-order valence-electron chi connectivity index (χ1n) is 7.82. The van der Waals surface area contributed by atoms with E-state index in [1.54, 1.807) is 0 Å². The molecule has 2 aliphatic rings. The monoisotopic (exact) mass is 624 g/mol. The van der Waals surface area contributed by atoms with Crippen LogP contribution >= 0.6 is 15.2 Å². The van der Waals surface area contributed by atoms with Crippen LogP contribution in [0.1, 0.15) is 25.7 Å². The van der Waals surface area contributed by atoms with Crippen LogP contribution in [0.5, 0.6) is 0 Å². The molecule has 4 N–H and O–H groups in total. The van der Waals surface area contributed by atoms with Crippen molar-refractivity contribution in [2.45, 2.75) is 25.7 Å². The van der Waals surface area contributed by atoms with E-state index < -0.39 is 15.2 Å². The third-order valence-electron chi connectivity index (χ3n) is 2.17. The molecule has 2 aliphatic heterocycles. The number of aliphatic hydroxyl groups excluding tert-OH is 4. The Morgan fingerprint density at radius 2 is 1.07 bits per heavy atom. The summed E-state index contributed by atoms with van der Waals surface area (Å²) < 4.78 is 40.4. The van der Waals surface area contributed by atoms with Crippen molar-refractivity contribution in [2.75, 3.05) is 39.8 Å². The van der Waals surface area contributed by atoms with Crippen LogP contribution in [0, 0.1) is 26.4 Å². The Kier molecular flexibility index (Phi) is 48.2. The molecule has 2 fully saturated rings. The van der Waals surface area contributed by atoms with Gasteiger partial charge in [-0.15, -0.1) is 25.7 Å². The van der Waals surface area contributed by atoms with Gasteiger partial charge in [0.15, 0.2) is 0 Å². The summed E-state index contributed by atoms with van der Waals surface area (Å²) in [4.78, 5) is 0. The number of hydrogen-bond acceptors (Lipinski definition) is 10. The molecule has 16 heteroatoms. The maximum Gasteiger partial charge on any atom is 0.297 e. The van der Waals surface area contributed by atoms with Crippen molar-refractivity contribution in [3.05, 3.63) is 26.4 Å². The molecule has 0 saturated carbocycles. The van der Waals surface area contributed by atoms with Crippen LogP contribution in [0.25, 0.3) is 0 Å². The summed E-state index contributed by atoms with van der Waals surface area (Å²) in [5, 5.41) is 31.3. The number of aliphatic hydroxyl groups is 4. The van der Waals surface area contributed by atoms with Gasteiger partial charge in [-0.2, -0.15) is 13.2 Å². The van der Waals surface area contributed by atoms with Crippen LogP contribution in [-0.4, -0.2) is 60.2 Å². The van der Waals surface area contributed by atoms with Crippen molar-refractivity contribution in [2.24, 2.45) is 0 Å². The van der Waals surface area contributed by atoms with Crippen molar-refractivity contribution in [1.82, 2.24) is 0 Å². The Morgan fingerprint density at radius 3 is 1.13 bits per heavy atom. The third kappa shape index (κ3) is 37.8. The first-order chi connectivity index (χ1) is 12.2. The zero-order chi connectivity index (χ0) is 20.3. The molecule has 0 aromatic carbocycles. The first-order valence-corrected chi connectivity index (χ1v) is 11.8. The molecule has 2 heterocycles. The van der Waals surface area contributed by atoms with E-state index in [9.17, 15) is 9.13 Å². The Bertz CT molecular complexity index is 351. The predicted octanol–water partition coefficient (Wildman–Crippen LogP) is 2.61. The fraction of sp³-hybridized carbons (Fsp3) is 0.714. The van der Waals surface area contributed by atoms with E-state index in [-0.39, 0.29) is 87.4 Å². The Balaban J connectivity index is -0.0000000628. The Morgan fingerprint density at radius 1 is 0.767 bits per heavy atom. The van der Waals surface area contributed by atoms with Crippen LogP contribution < -0.4 is 0 Å². The maximum atomic E-state index is 10.8. The standard InChI is InChI=1S/2C4H8O3P.2C3H7O2.4V/c2*1-8(5)6-3-2-4-7-8;2*4-2-1-3-5;;;;/h2*3H,2,4H2,1H3;2*2,4-5H,1,3H2;;;;/q4*-1;;;;/t2*8-;;;;;;/m10....../s1. The molecule has 0 aromatic rings. The summed E-state index contributed by atoms with van der Waals surface area (Å²) in [6, 6.07) is 0. The molecule has 4 radical (unpaired) electrons. The minimum absolute atomic E-state index is 0. The molecule has 2 saturated heterocycles. The van der Waals surface area contributed by atoms with Crippen LogP contribution in [0.15, 0.2) is 0 Å². The van der Waals surface area contributed by atoms with Crippen molar-refractivity contribution in [1.29, 1.82) is 0 Å². The normalized spacial score (nSPS) is 23.9. The van der Waals surface area contributed by atoms with Crippen molar-refractivity contribution < 1.29 is 122 Å². The molecule has 0 amide bonds. The first kappa shape index (κ1) is 45.9. The molecule has 0 bridgehead atoms. The average molecular weight is 624 g/mol. The second kappa shape index (κ2) is 31.5. The maximum absolute atomic E-state index is 10.8. The van der Waals surface area contributed by atoms with E-state index in [2.05, 4.69) is 9.05 Å². The quantitative estimate of drug-likeness (QED) is 0.272. The van der Waals surface area contributed by atoms with E-state index >= 15 is 0 Å². The molecule has 2 atom stereocenters. The summed E-state index contributed by atoms with van der Waals surface area (Å²) >= 11 is 0. The topological polar surface area (TPSA) is 152 Å². The van der Waals surface area contributed by atoms with Gasteiger partial charge in [-0.25, -0.2) is 13.2 Å².